The molecule has 1 aromatic carbocycles. The summed E-state index contributed by atoms with van der Waals surface area (Å²) < 4.78 is 2.43. The van der Waals surface area contributed by atoms with E-state index in [0.717, 1.165) is 0 Å². The standard InChI is InChI=1S/C11H10BrClN4O/c1-17-6-15-16-9(17)5-14-11(18)7-3-2-4-8(12)10(7)13/h2-4,6H,5H2,1H3,(H,14,18). The highest BCUT2D eigenvalue weighted by Gasteiger charge is 2.12. The molecule has 0 aliphatic rings. The number of carbonyl (C=O) groups excluding carboxylic acids is 1. The second-order valence-electron chi connectivity index (χ2n) is 3.64. The molecule has 0 radical (unpaired) electrons. The summed E-state index contributed by atoms with van der Waals surface area (Å²) in [7, 11) is 1.81. The summed E-state index contributed by atoms with van der Waals surface area (Å²) in [4.78, 5) is 12.0. The van der Waals surface area contributed by atoms with Crippen molar-refractivity contribution in [2.75, 3.05) is 0 Å². The fourth-order valence-electron chi connectivity index (χ4n) is 1.40. The lowest BCUT2D eigenvalue weighted by atomic mass is 10.2. The SMILES string of the molecule is Cn1cnnc1CNC(=O)c1cccc(Br)c1Cl. The topological polar surface area (TPSA) is 59.8 Å². The van der Waals surface area contributed by atoms with Crippen molar-refractivity contribution in [3.63, 3.8) is 0 Å². The highest BCUT2D eigenvalue weighted by Crippen LogP contribution is 2.25. The zero-order valence-electron chi connectivity index (χ0n) is 9.52. The van der Waals surface area contributed by atoms with E-state index in [1.165, 1.54) is 0 Å². The van der Waals surface area contributed by atoms with Crippen molar-refractivity contribution in [3.8, 4) is 0 Å². The molecule has 0 fully saturated rings. The van der Waals surface area contributed by atoms with E-state index in [2.05, 4.69) is 31.4 Å². The van der Waals surface area contributed by atoms with Gasteiger partial charge in [-0.3, -0.25) is 4.79 Å². The van der Waals surface area contributed by atoms with E-state index in [9.17, 15) is 4.79 Å². The molecule has 18 heavy (non-hydrogen) atoms. The van der Waals surface area contributed by atoms with E-state index in [1.807, 2.05) is 7.05 Å². The first-order valence-electron chi connectivity index (χ1n) is 5.14. The molecule has 94 valence electrons. The number of aromatic nitrogens is 3. The molecule has 1 aromatic heterocycles. The Kier molecular flexibility index (Phi) is 3.98. The minimum Gasteiger partial charge on any atom is -0.345 e. The maximum absolute atomic E-state index is 12.0. The fourth-order valence-corrected chi connectivity index (χ4v) is 1.98. The van der Waals surface area contributed by atoms with E-state index in [0.29, 0.717) is 27.4 Å². The summed E-state index contributed by atoms with van der Waals surface area (Å²) >= 11 is 9.32. The number of nitrogens with zero attached hydrogens (tertiary/aromatic N) is 3. The molecule has 1 heterocycles. The van der Waals surface area contributed by atoms with Crippen molar-refractivity contribution in [2.24, 2.45) is 7.05 Å². The molecule has 0 aliphatic carbocycles. The van der Waals surface area contributed by atoms with Crippen molar-refractivity contribution in [1.82, 2.24) is 20.1 Å². The van der Waals surface area contributed by atoms with Crippen LogP contribution in [0.5, 0.6) is 0 Å². The van der Waals surface area contributed by atoms with E-state index >= 15 is 0 Å². The lowest BCUT2D eigenvalue weighted by Crippen LogP contribution is -2.24. The van der Waals surface area contributed by atoms with Crippen molar-refractivity contribution < 1.29 is 4.79 Å². The Labute approximate surface area is 117 Å². The van der Waals surface area contributed by atoms with Crippen LogP contribution in [0.1, 0.15) is 16.2 Å². The third-order valence-electron chi connectivity index (χ3n) is 2.41. The highest BCUT2D eigenvalue weighted by molar-refractivity contribution is 9.10. The summed E-state index contributed by atoms with van der Waals surface area (Å²) in [6.07, 6.45) is 1.58. The van der Waals surface area contributed by atoms with E-state index in [-0.39, 0.29) is 5.91 Å². The number of aryl methyl sites for hydroxylation is 1. The number of halogens is 2. The van der Waals surface area contributed by atoms with Crippen LogP contribution in [0.2, 0.25) is 5.02 Å². The second kappa shape index (κ2) is 5.49. The maximum atomic E-state index is 12.0. The average molecular weight is 330 g/mol. The molecule has 0 saturated carbocycles. The quantitative estimate of drug-likeness (QED) is 0.939. The normalized spacial score (nSPS) is 10.4. The van der Waals surface area contributed by atoms with Gasteiger partial charge in [0.2, 0.25) is 0 Å². The number of rotatable bonds is 3. The van der Waals surface area contributed by atoms with Gasteiger partial charge in [0.1, 0.15) is 6.33 Å². The van der Waals surface area contributed by atoms with Crippen LogP contribution in [0.15, 0.2) is 29.0 Å². The Bertz CT molecular complexity index is 584. The van der Waals surface area contributed by atoms with Crippen molar-refractivity contribution >= 4 is 33.4 Å². The van der Waals surface area contributed by atoms with Gasteiger partial charge in [-0.15, -0.1) is 10.2 Å². The zero-order valence-corrected chi connectivity index (χ0v) is 11.9. The number of amides is 1. The molecule has 5 nitrogen and oxygen atoms in total. The van der Waals surface area contributed by atoms with Gasteiger partial charge in [0.05, 0.1) is 17.1 Å². The number of nitrogens with one attached hydrogen (secondary N) is 1. The van der Waals surface area contributed by atoms with Crippen LogP contribution in [0.4, 0.5) is 0 Å². The predicted molar refractivity (Wildman–Crippen MR) is 71.3 cm³/mol. The second-order valence-corrected chi connectivity index (χ2v) is 4.87. The van der Waals surface area contributed by atoms with Gasteiger partial charge >= 0.3 is 0 Å². The molecule has 2 rings (SSSR count). The van der Waals surface area contributed by atoms with Gasteiger partial charge in [-0.1, -0.05) is 17.7 Å². The Morgan fingerprint density at radius 2 is 2.33 bits per heavy atom. The van der Waals surface area contributed by atoms with Crippen LogP contribution in [-0.4, -0.2) is 20.7 Å². The first-order chi connectivity index (χ1) is 8.59. The molecular formula is C11H10BrClN4O. The van der Waals surface area contributed by atoms with Gasteiger partial charge in [0, 0.05) is 11.5 Å². The van der Waals surface area contributed by atoms with Crippen LogP contribution in [-0.2, 0) is 13.6 Å². The summed E-state index contributed by atoms with van der Waals surface area (Å²) in [5, 5.41) is 10.7. The third kappa shape index (κ3) is 2.70. The van der Waals surface area contributed by atoms with Crippen LogP contribution in [0.3, 0.4) is 0 Å². The van der Waals surface area contributed by atoms with Crippen LogP contribution in [0.25, 0.3) is 0 Å². The smallest absolute Gasteiger partial charge is 0.253 e. The van der Waals surface area contributed by atoms with Gasteiger partial charge in [0.25, 0.3) is 5.91 Å². The fraction of sp³-hybridized carbons (Fsp3) is 0.182. The van der Waals surface area contributed by atoms with Crippen molar-refractivity contribution in [2.45, 2.75) is 6.54 Å². The molecule has 0 aliphatic heterocycles. The van der Waals surface area contributed by atoms with Crippen LogP contribution in [0, 0.1) is 0 Å². The molecule has 0 atom stereocenters. The highest BCUT2D eigenvalue weighted by atomic mass is 79.9. The van der Waals surface area contributed by atoms with Crippen molar-refractivity contribution in [3.05, 3.63) is 45.4 Å². The Morgan fingerprint density at radius 3 is 3.00 bits per heavy atom. The Balaban J connectivity index is 2.09. The predicted octanol–water partition coefficient (Wildman–Crippen LogP) is 2.16. The molecule has 2 aromatic rings. The van der Waals surface area contributed by atoms with Crippen molar-refractivity contribution in [1.29, 1.82) is 0 Å². The van der Waals surface area contributed by atoms with Gasteiger partial charge in [-0.25, -0.2) is 0 Å². The minimum absolute atomic E-state index is 0.246. The molecular weight excluding hydrogens is 320 g/mol. The summed E-state index contributed by atoms with van der Waals surface area (Å²) in [6.45, 7) is 0.304. The zero-order chi connectivity index (χ0) is 13.1. The summed E-state index contributed by atoms with van der Waals surface area (Å²) in [6, 6.07) is 5.20. The Hall–Kier alpha value is -1.40. The van der Waals surface area contributed by atoms with Gasteiger partial charge in [-0.05, 0) is 28.1 Å². The largest absolute Gasteiger partial charge is 0.345 e. The molecule has 7 heteroatoms. The molecule has 0 unspecified atom stereocenters. The minimum atomic E-state index is -0.246. The molecule has 1 N–H and O–H groups in total. The number of carbonyl (C=O) groups is 1. The third-order valence-corrected chi connectivity index (χ3v) is 3.70. The lowest BCUT2D eigenvalue weighted by Gasteiger charge is -2.07. The summed E-state index contributed by atoms with van der Waals surface area (Å²) in [5.41, 5.74) is 0.424. The van der Waals surface area contributed by atoms with Gasteiger partial charge < -0.3 is 9.88 Å². The van der Waals surface area contributed by atoms with Crippen LogP contribution >= 0.6 is 27.5 Å². The van der Waals surface area contributed by atoms with Gasteiger partial charge in [0.15, 0.2) is 5.82 Å². The number of hydrogen-bond acceptors (Lipinski definition) is 3. The molecule has 1 amide bonds. The van der Waals surface area contributed by atoms with Crippen LogP contribution < -0.4 is 5.32 Å². The van der Waals surface area contributed by atoms with E-state index in [1.54, 1.807) is 29.1 Å². The average Bonchev–Trinajstić information content (AvgIpc) is 2.75. The Morgan fingerprint density at radius 1 is 1.56 bits per heavy atom. The first-order valence-corrected chi connectivity index (χ1v) is 6.32. The first kappa shape index (κ1) is 13.0. The number of benzene rings is 1. The number of hydrogen-bond donors (Lipinski definition) is 1. The van der Waals surface area contributed by atoms with Gasteiger partial charge in [-0.2, -0.15) is 0 Å². The molecule has 0 spiro atoms. The summed E-state index contributed by atoms with van der Waals surface area (Å²) in [5.74, 6) is 0.429. The maximum Gasteiger partial charge on any atom is 0.253 e. The molecule has 0 saturated heterocycles. The van der Waals surface area contributed by atoms with E-state index in [4.69, 9.17) is 11.6 Å². The monoisotopic (exact) mass is 328 g/mol. The molecule has 0 bridgehead atoms. The lowest BCUT2D eigenvalue weighted by molar-refractivity contribution is 0.0949. The van der Waals surface area contributed by atoms with E-state index < -0.39 is 0 Å².